The summed E-state index contributed by atoms with van der Waals surface area (Å²) in [6.07, 6.45) is 0.279. The third-order valence-corrected chi connectivity index (χ3v) is 3.24. The van der Waals surface area contributed by atoms with Crippen molar-refractivity contribution in [3.05, 3.63) is 65.2 Å². The molecule has 110 valence electrons. The lowest BCUT2D eigenvalue weighted by Gasteiger charge is -2.12. The van der Waals surface area contributed by atoms with Gasteiger partial charge in [-0.15, -0.1) is 0 Å². The van der Waals surface area contributed by atoms with Crippen LogP contribution in [0.4, 0.5) is 0 Å². The molecule has 2 aromatic rings. The number of hydrogen-bond donors (Lipinski definition) is 0. The summed E-state index contributed by atoms with van der Waals surface area (Å²) in [5.74, 6) is 0.657. The van der Waals surface area contributed by atoms with Crippen LogP contribution in [-0.2, 0) is 22.6 Å². The van der Waals surface area contributed by atoms with Gasteiger partial charge in [0.05, 0.1) is 13.0 Å². The van der Waals surface area contributed by atoms with Gasteiger partial charge in [0.15, 0.2) is 0 Å². The topological polar surface area (TPSA) is 35.5 Å². The van der Waals surface area contributed by atoms with E-state index < -0.39 is 0 Å². The maximum absolute atomic E-state index is 11.6. The molecule has 3 nitrogen and oxygen atoms in total. The van der Waals surface area contributed by atoms with Crippen molar-refractivity contribution < 1.29 is 14.3 Å². The summed E-state index contributed by atoms with van der Waals surface area (Å²) in [5, 5.41) is 0. The van der Waals surface area contributed by atoms with Crippen LogP contribution in [0.2, 0.25) is 0 Å². The fourth-order valence-electron chi connectivity index (χ4n) is 2.11. The Morgan fingerprint density at radius 3 is 2.38 bits per heavy atom. The van der Waals surface area contributed by atoms with Crippen LogP contribution in [-0.4, -0.2) is 12.6 Å². The van der Waals surface area contributed by atoms with Crippen molar-refractivity contribution >= 4 is 5.97 Å². The van der Waals surface area contributed by atoms with E-state index in [1.807, 2.05) is 62.4 Å². The van der Waals surface area contributed by atoms with Crippen LogP contribution in [0.3, 0.4) is 0 Å². The van der Waals surface area contributed by atoms with Gasteiger partial charge in [0, 0.05) is 0 Å². The highest BCUT2D eigenvalue weighted by Crippen LogP contribution is 2.19. The minimum Gasteiger partial charge on any atom is -0.489 e. The molecule has 0 aromatic heterocycles. The third-order valence-electron chi connectivity index (χ3n) is 3.24. The number of rotatable bonds is 6. The second kappa shape index (κ2) is 7.48. The molecule has 0 aliphatic heterocycles. The normalized spacial score (nSPS) is 10.2. The molecule has 0 saturated carbocycles. The van der Waals surface area contributed by atoms with E-state index in [9.17, 15) is 4.79 Å². The maximum atomic E-state index is 11.6. The van der Waals surface area contributed by atoms with Crippen molar-refractivity contribution in [3.63, 3.8) is 0 Å². The molecule has 0 atom stereocenters. The number of esters is 1. The number of para-hydroxylation sites is 1. The number of carbonyl (C=O) groups excluding carboxylic acids is 1. The third kappa shape index (κ3) is 4.35. The van der Waals surface area contributed by atoms with Gasteiger partial charge in [-0.1, -0.05) is 42.5 Å². The maximum Gasteiger partial charge on any atom is 0.310 e. The zero-order valence-corrected chi connectivity index (χ0v) is 12.5. The molecule has 0 bridgehead atoms. The minimum absolute atomic E-state index is 0.208. The van der Waals surface area contributed by atoms with Crippen molar-refractivity contribution in [2.75, 3.05) is 6.61 Å². The Hall–Kier alpha value is -2.29. The number of aryl methyl sites for hydroxylation is 1. The Bertz CT molecular complexity index is 605. The molecule has 0 spiro atoms. The largest absolute Gasteiger partial charge is 0.489 e. The Morgan fingerprint density at radius 1 is 1.00 bits per heavy atom. The first-order valence-corrected chi connectivity index (χ1v) is 7.11. The lowest BCUT2D eigenvalue weighted by Crippen LogP contribution is -2.10. The summed E-state index contributed by atoms with van der Waals surface area (Å²) in [4.78, 5) is 11.6. The van der Waals surface area contributed by atoms with Crippen LogP contribution < -0.4 is 4.74 Å². The molecule has 0 aliphatic carbocycles. The summed E-state index contributed by atoms with van der Waals surface area (Å²) in [7, 11) is 0. The Balaban J connectivity index is 2.06. The van der Waals surface area contributed by atoms with Gasteiger partial charge in [-0.3, -0.25) is 4.79 Å². The summed E-state index contributed by atoms with van der Waals surface area (Å²) in [5.41, 5.74) is 3.05. The molecule has 0 saturated heterocycles. The van der Waals surface area contributed by atoms with Crippen LogP contribution >= 0.6 is 0 Å². The number of benzene rings is 2. The van der Waals surface area contributed by atoms with E-state index in [-0.39, 0.29) is 12.4 Å². The molecule has 21 heavy (non-hydrogen) atoms. The first-order valence-electron chi connectivity index (χ1n) is 7.11. The van der Waals surface area contributed by atoms with Crippen LogP contribution in [0, 0.1) is 6.92 Å². The van der Waals surface area contributed by atoms with Crippen LogP contribution in [0.15, 0.2) is 48.5 Å². The molecule has 0 fully saturated rings. The van der Waals surface area contributed by atoms with Gasteiger partial charge >= 0.3 is 5.97 Å². The SMILES string of the molecule is CCOC(=O)Cc1ccccc1COc1ccccc1C. The lowest BCUT2D eigenvalue weighted by atomic mass is 10.1. The second-order valence-electron chi connectivity index (χ2n) is 4.80. The van der Waals surface area contributed by atoms with Crippen LogP contribution in [0.1, 0.15) is 23.6 Å². The van der Waals surface area contributed by atoms with E-state index >= 15 is 0 Å². The molecule has 0 N–H and O–H groups in total. The van der Waals surface area contributed by atoms with Gasteiger partial charge in [0.25, 0.3) is 0 Å². The van der Waals surface area contributed by atoms with Gasteiger partial charge in [0.1, 0.15) is 12.4 Å². The number of carbonyl (C=O) groups is 1. The molecule has 0 unspecified atom stereocenters. The molecule has 0 aliphatic rings. The molecule has 0 radical (unpaired) electrons. The molecular formula is C18H20O3. The zero-order chi connectivity index (χ0) is 15.1. The van der Waals surface area contributed by atoms with Gasteiger partial charge in [-0.25, -0.2) is 0 Å². The summed E-state index contributed by atoms with van der Waals surface area (Å²) in [6.45, 7) is 4.67. The van der Waals surface area contributed by atoms with Gasteiger partial charge in [-0.05, 0) is 36.6 Å². The molecule has 2 aromatic carbocycles. The fraction of sp³-hybridized carbons (Fsp3) is 0.278. The highest BCUT2D eigenvalue weighted by molar-refractivity contribution is 5.73. The second-order valence-corrected chi connectivity index (χ2v) is 4.80. The number of ether oxygens (including phenoxy) is 2. The molecule has 2 rings (SSSR count). The van der Waals surface area contributed by atoms with Crippen molar-refractivity contribution in [2.24, 2.45) is 0 Å². The first-order chi connectivity index (χ1) is 10.2. The van der Waals surface area contributed by atoms with Crippen molar-refractivity contribution in [1.29, 1.82) is 0 Å². The summed E-state index contributed by atoms with van der Waals surface area (Å²) < 4.78 is 10.9. The fourth-order valence-corrected chi connectivity index (χ4v) is 2.11. The van der Waals surface area contributed by atoms with E-state index in [1.165, 1.54) is 0 Å². The zero-order valence-electron chi connectivity index (χ0n) is 12.5. The smallest absolute Gasteiger partial charge is 0.310 e. The van der Waals surface area contributed by atoms with Gasteiger partial charge in [-0.2, -0.15) is 0 Å². The van der Waals surface area contributed by atoms with Crippen molar-refractivity contribution in [1.82, 2.24) is 0 Å². The highest BCUT2D eigenvalue weighted by Gasteiger charge is 2.09. The molecule has 3 heteroatoms. The Labute approximate surface area is 125 Å². The Kier molecular flexibility index (Phi) is 5.38. The quantitative estimate of drug-likeness (QED) is 0.759. The van der Waals surface area contributed by atoms with Crippen molar-refractivity contribution in [2.45, 2.75) is 26.9 Å². The van der Waals surface area contributed by atoms with Crippen molar-refractivity contribution in [3.8, 4) is 5.75 Å². The van der Waals surface area contributed by atoms with E-state index in [0.717, 1.165) is 22.4 Å². The van der Waals surface area contributed by atoms with E-state index in [2.05, 4.69) is 0 Å². The van der Waals surface area contributed by atoms with Crippen LogP contribution in [0.5, 0.6) is 5.75 Å². The predicted octanol–water partition coefficient (Wildman–Crippen LogP) is 3.68. The van der Waals surface area contributed by atoms with Gasteiger partial charge in [0.2, 0.25) is 0 Å². The first kappa shape index (κ1) is 15.1. The molecular weight excluding hydrogens is 264 g/mol. The average Bonchev–Trinajstić information content (AvgIpc) is 2.48. The molecule has 0 amide bonds. The van der Waals surface area contributed by atoms with Gasteiger partial charge < -0.3 is 9.47 Å². The highest BCUT2D eigenvalue weighted by atomic mass is 16.5. The van der Waals surface area contributed by atoms with E-state index in [1.54, 1.807) is 0 Å². The van der Waals surface area contributed by atoms with E-state index in [0.29, 0.717) is 13.2 Å². The monoisotopic (exact) mass is 284 g/mol. The summed E-state index contributed by atoms with van der Waals surface area (Å²) >= 11 is 0. The predicted molar refractivity (Wildman–Crippen MR) is 82.3 cm³/mol. The van der Waals surface area contributed by atoms with E-state index in [4.69, 9.17) is 9.47 Å². The summed E-state index contributed by atoms with van der Waals surface area (Å²) in [6, 6.07) is 15.7. The number of hydrogen-bond acceptors (Lipinski definition) is 3. The minimum atomic E-state index is -0.208. The lowest BCUT2D eigenvalue weighted by molar-refractivity contribution is -0.142. The standard InChI is InChI=1S/C18H20O3/c1-3-20-18(19)12-15-9-5-6-10-16(15)13-21-17-11-7-4-8-14(17)2/h4-11H,3,12-13H2,1-2H3. The Morgan fingerprint density at radius 2 is 1.67 bits per heavy atom. The molecule has 0 heterocycles. The van der Waals surface area contributed by atoms with Crippen LogP contribution in [0.25, 0.3) is 0 Å². The average molecular weight is 284 g/mol.